The van der Waals surface area contributed by atoms with Crippen LogP contribution in [0.15, 0.2) is 85.1 Å². The average molecular weight is 425 g/mol. The van der Waals surface area contributed by atoms with Crippen LogP contribution in [-0.4, -0.2) is 15.9 Å². The van der Waals surface area contributed by atoms with Crippen molar-refractivity contribution in [3.63, 3.8) is 0 Å². The number of nitrogens with zero attached hydrogens (tertiary/aromatic N) is 2. The van der Waals surface area contributed by atoms with Crippen LogP contribution >= 0.6 is 0 Å². The molecule has 0 atom stereocenters. The third-order valence-corrected chi connectivity index (χ3v) is 4.77. The van der Waals surface area contributed by atoms with Crippen LogP contribution in [0, 0.1) is 6.92 Å². The lowest BCUT2D eigenvalue weighted by Crippen LogP contribution is -2.16. The smallest absolute Gasteiger partial charge is 0.230 e. The van der Waals surface area contributed by atoms with Gasteiger partial charge in [-0.05, 0) is 24.6 Å². The summed E-state index contributed by atoms with van der Waals surface area (Å²) in [6.45, 7) is 6.02. The highest BCUT2D eigenvalue weighted by atomic mass is 16.1. The van der Waals surface area contributed by atoms with Crippen LogP contribution in [0.2, 0.25) is 0 Å². The fraction of sp³-hybridized carbons (Fsp3) is 0.148. The summed E-state index contributed by atoms with van der Waals surface area (Å²) in [4.78, 5) is 22.0. The van der Waals surface area contributed by atoms with E-state index >= 15 is 0 Å². The molecule has 0 unspecified atom stereocenters. The summed E-state index contributed by atoms with van der Waals surface area (Å²) in [6, 6.07) is 25.1. The van der Waals surface area contributed by atoms with Crippen molar-refractivity contribution in [3.05, 3.63) is 96.2 Å². The van der Waals surface area contributed by atoms with Gasteiger partial charge in [0.1, 0.15) is 5.69 Å². The molecule has 0 aliphatic carbocycles. The molecule has 32 heavy (non-hydrogen) atoms. The monoisotopic (exact) mass is 424 g/mol. The number of aromatic nitrogens is 2. The number of carbonyl (C=O) groups excluding carboxylic acids is 1. The van der Waals surface area contributed by atoms with Crippen LogP contribution in [-0.2, 0) is 11.2 Å². The number of aryl methyl sites for hydroxylation is 1. The molecule has 0 aliphatic rings. The molecule has 1 heterocycles. The lowest BCUT2D eigenvalue weighted by atomic mass is 10.1. The number of anilines is 2. The summed E-state index contributed by atoms with van der Waals surface area (Å²) in [5, 5.41) is 2.93. The lowest BCUT2D eigenvalue weighted by molar-refractivity contribution is -0.115. The van der Waals surface area contributed by atoms with Crippen molar-refractivity contribution in [1.29, 1.82) is 0 Å². The van der Waals surface area contributed by atoms with Gasteiger partial charge in [-0.15, -0.1) is 0 Å². The number of nitrogens with one attached hydrogen (secondary N) is 1. The summed E-state index contributed by atoms with van der Waals surface area (Å²) < 4.78 is 0. The minimum absolute atomic E-state index is 0.134. The van der Waals surface area contributed by atoms with Crippen LogP contribution in [0.3, 0.4) is 0 Å². The second kappa shape index (κ2) is 10.9. The number of hydrogen-bond acceptors (Lipinski definition) is 4. The molecule has 0 fully saturated rings. The molecule has 3 aromatic carbocycles. The fourth-order valence-corrected chi connectivity index (χ4v) is 3.14. The van der Waals surface area contributed by atoms with Gasteiger partial charge < -0.3 is 11.1 Å². The minimum Gasteiger partial charge on any atom is -0.399 e. The summed E-state index contributed by atoms with van der Waals surface area (Å²) in [6.07, 6.45) is 1.94. The second-order valence-electron chi connectivity index (χ2n) is 7.15. The molecule has 0 spiro atoms. The highest BCUT2D eigenvalue weighted by molar-refractivity contribution is 5.94. The Morgan fingerprint density at radius 1 is 0.875 bits per heavy atom. The zero-order chi connectivity index (χ0) is 22.9. The van der Waals surface area contributed by atoms with E-state index in [2.05, 4.69) is 10.3 Å². The van der Waals surface area contributed by atoms with E-state index in [1.807, 2.05) is 99.6 Å². The number of amides is 1. The Kier molecular flexibility index (Phi) is 7.70. The zero-order valence-corrected chi connectivity index (χ0v) is 18.7. The van der Waals surface area contributed by atoms with E-state index in [1.165, 1.54) is 0 Å². The summed E-state index contributed by atoms with van der Waals surface area (Å²) in [5.41, 5.74) is 11.7. The molecule has 162 valence electrons. The topological polar surface area (TPSA) is 80.9 Å². The molecular formula is C27H28N4O. The van der Waals surface area contributed by atoms with Crippen molar-refractivity contribution in [2.45, 2.75) is 27.2 Å². The molecule has 1 aromatic heterocycles. The Morgan fingerprint density at radius 2 is 1.53 bits per heavy atom. The molecular weight excluding hydrogens is 396 g/mol. The second-order valence-corrected chi connectivity index (χ2v) is 7.15. The number of hydrogen-bond donors (Lipinski definition) is 2. The van der Waals surface area contributed by atoms with Crippen molar-refractivity contribution < 1.29 is 4.79 Å². The van der Waals surface area contributed by atoms with Crippen molar-refractivity contribution in [2.24, 2.45) is 0 Å². The molecule has 0 radical (unpaired) electrons. The summed E-state index contributed by atoms with van der Waals surface area (Å²) in [7, 11) is 0. The highest BCUT2D eigenvalue weighted by Gasteiger charge is 2.14. The first-order chi connectivity index (χ1) is 15.6. The Labute approximate surface area is 189 Å². The number of carbonyl (C=O) groups is 1. The Hall–Kier alpha value is -3.99. The first kappa shape index (κ1) is 22.7. The Morgan fingerprint density at radius 3 is 2.19 bits per heavy atom. The summed E-state index contributed by atoms with van der Waals surface area (Å²) in [5.74, 6) is 0.308. The number of benzene rings is 3. The zero-order valence-electron chi connectivity index (χ0n) is 18.7. The number of nitrogens with two attached hydrogens (primary N) is 1. The van der Waals surface area contributed by atoms with Gasteiger partial charge in [-0.2, -0.15) is 0 Å². The first-order valence-corrected chi connectivity index (χ1v) is 10.7. The predicted octanol–water partition coefficient (Wildman–Crippen LogP) is 5.91. The average Bonchev–Trinajstić information content (AvgIpc) is 2.83. The largest absolute Gasteiger partial charge is 0.399 e. The molecule has 0 saturated heterocycles. The van der Waals surface area contributed by atoms with E-state index in [9.17, 15) is 4.79 Å². The third kappa shape index (κ3) is 5.79. The quantitative estimate of drug-likeness (QED) is 0.390. The lowest BCUT2D eigenvalue weighted by Gasteiger charge is -2.12. The highest BCUT2D eigenvalue weighted by Crippen LogP contribution is 2.28. The molecule has 0 bridgehead atoms. The molecule has 1 amide bonds. The van der Waals surface area contributed by atoms with Crippen LogP contribution < -0.4 is 11.1 Å². The first-order valence-electron chi connectivity index (χ1n) is 10.7. The van der Waals surface area contributed by atoms with Crippen molar-refractivity contribution in [2.75, 3.05) is 11.1 Å². The van der Waals surface area contributed by atoms with E-state index in [1.54, 1.807) is 6.20 Å². The molecule has 5 nitrogen and oxygen atoms in total. The van der Waals surface area contributed by atoms with Crippen LogP contribution in [0.1, 0.15) is 25.0 Å². The summed E-state index contributed by atoms with van der Waals surface area (Å²) >= 11 is 0. The van der Waals surface area contributed by atoms with Gasteiger partial charge in [0.2, 0.25) is 5.91 Å². The van der Waals surface area contributed by atoms with Gasteiger partial charge in [0.05, 0.1) is 18.3 Å². The van der Waals surface area contributed by atoms with Crippen molar-refractivity contribution in [1.82, 2.24) is 9.97 Å². The molecule has 3 N–H and O–H groups in total. The number of rotatable bonds is 5. The minimum atomic E-state index is -0.134. The Balaban J connectivity index is 0.00000141. The van der Waals surface area contributed by atoms with Crippen LogP contribution in [0.4, 0.5) is 11.5 Å². The van der Waals surface area contributed by atoms with Crippen molar-refractivity contribution >= 4 is 17.4 Å². The maximum atomic E-state index is 12.6. The molecule has 4 rings (SSSR count). The van der Waals surface area contributed by atoms with Gasteiger partial charge in [-0.25, -0.2) is 9.97 Å². The van der Waals surface area contributed by atoms with Crippen LogP contribution in [0.5, 0.6) is 0 Å². The van der Waals surface area contributed by atoms with Gasteiger partial charge in [-0.3, -0.25) is 4.79 Å². The van der Waals surface area contributed by atoms with E-state index in [0.29, 0.717) is 22.9 Å². The van der Waals surface area contributed by atoms with Crippen molar-refractivity contribution in [3.8, 4) is 22.5 Å². The molecule has 0 saturated carbocycles. The maximum absolute atomic E-state index is 12.6. The number of nitrogen functional groups attached to an aromatic ring is 1. The maximum Gasteiger partial charge on any atom is 0.230 e. The van der Waals surface area contributed by atoms with Gasteiger partial charge in [0.25, 0.3) is 0 Å². The third-order valence-electron chi connectivity index (χ3n) is 4.77. The van der Waals surface area contributed by atoms with E-state index in [0.717, 1.165) is 22.3 Å². The molecule has 5 heteroatoms. The van der Waals surface area contributed by atoms with E-state index in [4.69, 9.17) is 10.7 Å². The van der Waals surface area contributed by atoms with Gasteiger partial charge in [-0.1, -0.05) is 86.1 Å². The SMILES string of the molecule is CC.Cc1ccc(CC(=O)Nc2ncc(-c3ccc(N)cc3)nc2-c2ccccc2)cc1. The predicted molar refractivity (Wildman–Crippen MR) is 132 cm³/mol. The van der Waals surface area contributed by atoms with E-state index in [-0.39, 0.29) is 12.3 Å². The van der Waals surface area contributed by atoms with Gasteiger partial charge >= 0.3 is 0 Å². The molecule has 0 aliphatic heterocycles. The van der Waals surface area contributed by atoms with Gasteiger partial charge in [0, 0.05) is 16.8 Å². The van der Waals surface area contributed by atoms with E-state index < -0.39 is 0 Å². The van der Waals surface area contributed by atoms with Gasteiger partial charge in [0.15, 0.2) is 5.82 Å². The van der Waals surface area contributed by atoms with Crippen LogP contribution in [0.25, 0.3) is 22.5 Å². The molecule has 4 aromatic rings. The normalized spacial score (nSPS) is 10.1. The Bertz CT molecular complexity index is 1150. The standard InChI is InChI=1S/C25H22N4O.C2H6/c1-17-7-9-18(10-8-17)15-23(30)29-25-24(20-5-3-2-4-6-20)28-22(16-27-25)19-11-13-21(26)14-12-19;1-2/h2-14,16H,15,26H2,1H3,(H,27,29,30);1-2H3. The fourth-order valence-electron chi connectivity index (χ4n) is 3.14.